The smallest absolute Gasteiger partial charge is 0.302 e. The van der Waals surface area contributed by atoms with Crippen LogP contribution in [0.1, 0.15) is 99.3 Å². The van der Waals surface area contributed by atoms with E-state index in [2.05, 4.69) is 6.92 Å². The second-order valence-electron chi connectivity index (χ2n) is 15.3. The number of fused-ring (bicyclic) bond motifs is 1. The van der Waals surface area contributed by atoms with Gasteiger partial charge in [-0.15, -0.1) is 0 Å². The number of allylic oxidation sites excluding steroid dienone is 1. The third-order valence-corrected chi connectivity index (χ3v) is 12.3. The maximum atomic E-state index is 13.6. The van der Waals surface area contributed by atoms with E-state index >= 15 is 0 Å². The molecule has 2 saturated heterocycles. The Labute approximate surface area is 289 Å². The molecule has 1 N–H and O–H groups in total. The summed E-state index contributed by atoms with van der Waals surface area (Å²) in [5.74, 6) is -1.70. The van der Waals surface area contributed by atoms with Gasteiger partial charge in [-0.3, -0.25) is 19.2 Å². The number of aliphatic hydroxyl groups excluding tert-OH is 1. The van der Waals surface area contributed by atoms with E-state index in [9.17, 15) is 24.3 Å². The van der Waals surface area contributed by atoms with Gasteiger partial charge in [0.1, 0.15) is 35.7 Å². The number of ether oxygens (including phenoxy) is 7. The Bertz CT molecular complexity index is 1280. The van der Waals surface area contributed by atoms with Crippen LogP contribution < -0.4 is 0 Å². The number of methoxy groups -OCH3 is 2. The number of carbonyl (C=O) groups is 4. The van der Waals surface area contributed by atoms with Crippen molar-refractivity contribution < 1.29 is 57.4 Å². The molecule has 0 spiro atoms. The van der Waals surface area contributed by atoms with Crippen LogP contribution in [-0.2, 0) is 52.3 Å². The van der Waals surface area contributed by atoms with E-state index in [1.807, 2.05) is 13.0 Å². The Balaban J connectivity index is 1.24. The zero-order valence-electron chi connectivity index (χ0n) is 30.3. The number of rotatable bonds is 11. The summed E-state index contributed by atoms with van der Waals surface area (Å²) >= 11 is 0. The molecule has 0 aromatic heterocycles. The van der Waals surface area contributed by atoms with Gasteiger partial charge in [0.15, 0.2) is 12.6 Å². The van der Waals surface area contributed by atoms with E-state index in [0.717, 1.165) is 5.57 Å². The van der Waals surface area contributed by atoms with Crippen LogP contribution in [0.15, 0.2) is 11.6 Å². The van der Waals surface area contributed by atoms with Crippen molar-refractivity contribution in [1.29, 1.82) is 0 Å². The fourth-order valence-electron chi connectivity index (χ4n) is 9.28. The highest BCUT2D eigenvalue weighted by molar-refractivity contribution is 5.95. The van der Waals surface area contributed by atoms with Crippen LogP contribution in [0, 0.1) is 22.7 Å². The lowest BCUT2D eigenvalue weighted by molar-refractivity contribution is -0.319. The summed E-state index contributed by atoms with van der Waals surface area (Å²) in [5, 5.41) is 10.3. The Morgan fingerprint density at radius 2 is 1.63 bits per heavy atom. The van der Waals surface area contributed by atoms with Gasteiger partial charge in [-0.2, -0.15) is 0 Å². The second-order valence-corrected chi connectivity index (χ2v) is 15.3. The standard InChI is InChI=1S/C37H56O12/c1-19(38)25-10-12-30(41)37(25,6)31(47-22(4)39)16-26-27(40)11-9-23-15-24(13-14-36(23,26)5)48-32-18-29(44-8)35(21(3)46-32)49-33-17-28(43-7)34(42)20(2)45-33/h9,20-21,24-26,28-29,31-35,42H,10-18H2,1-8H3/t20-,21-,24+,25+,26+,28-,29+,31-,32+,33+,34-,35-,36+,37-/m1/s1. The van der Waals surface area contributed by atoms with Gasteiger partial charge in [-0.05, 0) is 65.2 Å². The van der Waals surface area contributed by atoms with Gasteiger partial charge in [0, 0.05) is 58.7 Å². The average Bonchev–Trinajstić information content (AvgIpc) is 3.35. The number of Topliss-reactive ketones (excluding diaryl/α,β-unsaturated/α-hetero) is 3. The molecule has 2 aliphatic heterocycles. The van der Waals surface area contributed by atoms with Crippen LogP contribution in [0.2, 0.25) is 0 Å². The van der Waals surface area contributed by atoms with E-state index in [1.54, 1.807) is 28.1 Å². The third kappa shape index (κ3) is 7.61. The van der Waals surface area contributed by atoms with Crippen molar-refractivity contribution in [2.24, 2.45) is 22.7 Å². The first-order valence-electron chi connectivity index (χ1n) is 17.9. The summed E-state index contributed by atoms with van der Waals surface area (Å²) in [6.07, 6.45) is 1.12. The maximum Gasteiger partial charge on any atom is 0.302 e. The summed E-state index contributed by atoms with van der Waals surface area (Å²) in [6, 6.07) is 0. The van der Waals surface area contributed by atoms with Crippen molar-refractivity contribution in [1.82, 2.24) is 0 Å². The average molecular weight is 693 g/mol. The maximum absolute atomic E-state index is 13.6. The van der Waals surface area contributed by atoms with Crippen molar-refractivity contribution in [2.75, 3.05) is 14.2 Å². The normalized spacial score (nSPS) is 43.4. The van der Waals surface area contributed by atoms with Crippen LogP contribution in [0.5, 0.6) is 0 Å². The lowest BCUT2D eigenvalue weighted by Crippen LogP contribution is -2.55. The minimum atomic E-state index is -1.17. The molecule has 4 fully saturated rings. The zero-order chi connectivity index (χ0) is 35.8. The molecule has 5 aliphatic rings. The highest BCUT2D eigenvalue weighted by atomic mass is 16.7. The van der Waals surface area contributed by atoms with Gasteiger partial charge in [-0.1, -0.05) is 18.6 Å². The molecule has 12 heteroatoms. The highest BCUT2D eigenvalue weighted by Crippen LogP contribution is 2.54. The summed E-state index contributed by atoms with van der Waals surface area (Å²) < 4.78 is 42.3. The number of ketones is 3. The van der Waals surface area contributed by atoms with Crippen molar-refractivity contribution >= 4 is 23.3 Å². The van der Waals surface area contributed by atoms with E-state index in [0.29, 0.717) is 38.5 Å². The number of hydrogen-bond acceptors (Lipinski definition) is 12. The summed E-state index contributed by atoms with van der Waals surface area (Å²) in [5.41, 5.74) is -0.553. The quantitative estimate of drug-likeness (QED) is 0.246. The zero-order valence-corrected chi connectivity index (χ0v) is 30.3. The molecule has 2 saturated carbocycles. The Hall–Kier alpha value is -2.06. The number of aliphatic hydroxyl groups is 1. The predicted molar refractivity (Wildman–Crippen MR) is 175 cm³/mol. The molecule has 0 radical (unpaired) electrons. The molecule has 49 heavy (non-hydrogen) atoms. The largest absolute Gasteiger partial charge is 0.461 e. The summed E-state index contributed by atoms with van der Waals surface area (Å²) in [6.45, 7) is 10.3. The molecule has 12 nitrogen and oxygen atoms in total. The van der Waals surface area contributed by atoms with Crippen LogP contribution in [0.4, 0.5) is 0 Å². The van der Waals surface area contributed by atoms with Crippen LogP contribution in [0.3, 0.4) is 0 Å². The van der Waals surface area contributed by atoms with Crippen molar-refractivity contribution in [3.05, 3.63) is 11.6 Å². The fourth-order valence-corrected chi connectivity index (χ4v) is 9.28. The molecule has 5 rings (SSSR count). The van der Waals surface area contributed by atoms with Gasteiger partial charge < -0.3 is 38.3 Å². The van der Waals surface area contributed by atoms with E-state index in [-0.39, 0.29) is 54.9 Å². The third-order valence-electron chi connectivity index (χ3n) is 12.3. The van der Waals surface area contributed by atoms with Crippen molar-refractivity contribution in [3.63, 3.8) is 0 Å². The Morgan fingerprint density at radius 1 is 0.980 bits per heavy atom. The van der Waals surface area contributed by atoms with Crippen molar-refractivity contribution in [2.45, 2.75) is 161 Å². The second kappa shape index (κ2) is 15.3. The monoisotopic (exact) mass is 692 g/mol. The van der Waals surface area contributed by atoms with E-state index in [4.69, 9.17) is 33.2 Å². The summed E-state index contributed by atoms with van der Waals surface area (Å²) in [7, 11) is 3.20. The molecular formula is C37H56O12. The van der Waals surface area contributed by atoms with E-state index < -0.39 is 71.7 Å². The summed E-state index contributed by atoms with van der Waals surface area (Å²) in [4.78, 5) is 51.8. The van der Waals surface area contributed by atoms with Gasteiger partial charge >= 0.3 is 5.97 Å². The molecule has 0 unspecified atom stereocenters. The molecule has 0 aromatic rings. The molecule has 276 valence electrons. The first-order valence-corrected chi connectivity index (χ1v) is 17.9. The molecule has 0 bridgehead atoms. The minimum absolute atomic E-state index is 0.0530. The lowest BCUT2D eigenvalue weighted by atomic mass is 9.56. The van der Waals surface area contributed by atoms with Crippen LogP contribution >= 0.6 is 0 Å². The molecule has 3 aliphatic carbocycles. The molecule has 0 aromatic carbocycles. The molecule has 0 amide bonds. The van der Waals surface area contributed by atoms with Gasteiger partial charge in [0.2, 0.25) is 0 Å². The van der Waals surface area contributed by atoms with Gasteiger partial charge in [0.25, 0.3) is 0 Å². The topological polar surface area (TPSA) is 153 Å². The van der Waals surface area contributed by atoms with Gasteiger partial charge in [-0.25, -0.2) is 0 Å². The first-order chi connectivity index (χ1) is 23.1. The first kappa shape index (κ1) is 38.2. The molecule has 2 heterocycles. The lowest BCUT2D eigenvalue weighted by Gasteiger charge is -2.49. The SMILES string of the molecule is CO[C@H]1C[C@H](O[C@H]2CC[C@@]3(C)C(=CCC(=O)[C@@H]3C[C@@H](OC(C)=O)[C@@]3(C)C(=O)CC[C@H]3C(C)=O)C2)O[C@H](C)[C@H]1O[C@H]1C[C@@H](OC)[C@H](O)[C@@H](C)O1. The van der Waals surface area contributed by atoms with Gasteiger partial charge in [0.05, 0.1) is 35.9 Å². The van der Waals surface area contributed by atoms with E-state index in [1.165, 1.54) is 13.8 Å². The molecular weight excluding hydrogens is 636 g/mol. The predicted octanol–water partition coefficient (Wildman–Crippen LogP) is 4.02. The van der Waals surface area contributed by atoms with Crippen molar-refractivity contribution in [3.8, 4) is 0 Å². The Morgan fingerprint density at radius 3 is 2.29 bits per heavy atom. The minimum Gasteiger partial charge on any atom is -0.461 e. The van der Waals surface area contributed by atoms with Crippen LogP contribution in [0.25, 0.3) is 0 Å². The number of carbonyl (C=O) groups excluding carboxylic acids is 4. The number of esters is 1. The Kier molecular flexibility index (Phi) is 11.9. The highest BCUT2D eigenvalue weighted by Gasteiger charge is 2.57. The van der Waals surface area contributed by atoms with Crippen LogP contribution in [-0.4, -0.2) is 104 Å². The fraction of sp³-hybridized carbons (Fsp3) is 0.838. The number of hydrogen-bond donors (Lipinski definition) is 1. The molecule has 14 atom stereocenters.